The number of nitriles is 1. The largest absolute Gasteiger partial charge is 0.497 e. The highest BCUT2D eigenvalue weighted by Crippen LogP contribution is 2.53. The number of rotatable bonds is 10. The third kappa shape index (κ3) is 5.66. The Hall–Kier alpha value is -4.22. The fourth-order valence-corrected chi connectivity index (χ4v) is 8.89. The maximum absolute atomic E-state index is 15.4. The van der Waals surface area contributed by atoms with Crippen LogP contribution in [-0.4, -0.2) is 107 Å². The third-order valence-corrected chi connectivity index (χ3v) is 11.4. The van der Waals surface area contributed by atoms with Crippen LogP contribution >= 0.6 is 0 Å². The van der Waals surface area contributed by atoms with Crippen LogP contribution in [0.25, 0.3) is 0 Å². The molecule has 0 radical (unpaired) electrons. The van der Waals surface area contributed by atoms with Gasteiger partial charge in [0.05, 0.1) is 37.6 Å². The van der Waals surface area contributed by atoms with E-state index in [-0.39, 0.29) is 35.4 Å². The summed E-state index contributed by atoms with van der Waals surface area (Å²) in [5.74, 6) is 0.0314. The molecule has 3 aliphatic rings. The van der Waals surface area contributed by atoms with E-state index in [1.165, 1.54) is 31.4 Å². The highest BCUT2D eigenvalue weighted by atomic mass is 32.2. The molecule has 1 amide bonds. The van der Waals surface area contributed by atoms with Crippen LogP contribution in [0.15, 0.2) is 59.6 Å². The first kappa shape index (κ1) is 33.7. The number of pyridine rings is 1. The minimum atomic E-state index is -4.56. The minimum absolute atomic E-state index is 0.0699. The number of methoxy groups -OCH3 is 1. The van der Waals surface area contributed by atoms with Crippen LogP contribution in [0.2, 0.25) is 0 Å². The Kier molecular flexibility index (Phi) is 9.62. The van der Waals surface area contributed by atoms with Gasteiger partial charge in [-0.1, -0.05) is 0 Å². The summed E-state index contributed by atoms with van der Waals surface area (Å²) in [6, 6.07) is 15.3. The van der Waals surface area contributed by atoms with E-state index in [1.807, 2.05) is 11.8 Å². The van der Waals surface area contributed by atoms with Crippen molar-refractivity contribution in [1.82, 2.24) is 19.7 Å². The molecule has 1 atom stereocenters. The molecule has 4 heterocycles. The fourth-order valence-electron chi connectivity index (χ4n) is 7.31. The molecule has 2 aromatic carbocycles. The highest BCUT2D eigenvalue weighted by Gasteiger charge is 2.61. The topological polar surface area (TPSA) is 129 Å². The van der Waals surface area contributed by atoms with Gasteiger partial charge in [-0.2, -0.15) is 5.26 Å². The summed E-state index contributed by atoms with van der Waals surface area (Å²) in [6.45, 7) is 8.49. The molecule has 0 saturated carbocycles. The summed E-state index contributed by atoms with van der Waals surface area (Å²) in [6.07, 6.45) is 3.73. The highest BCUT2D eigenvalue weighted by molar-refractivity contribution is 7.93. The standard InChI is InChI=1S/C35H42N6O6S/c1-5-46-31-23-27(45-4)10-12-32(31)48(43,44)41-30-11-9-25(24-36)22-29(30)35(34(41)42,28-8-7-15-37-33(28)47-6-2)40-20-18-39(19-21-40)26-13-16-38(3)17-14-26/h7-12,15,22-23,26H,5-6,13-14,16-21H2,1-4H3. The average molecular weight is 675 g/mol. The number of amides is 1. The van der Waals surface area contributed by atoms with Crippen LogP contribution in [0.4, 0.5) is 5.69 Å². The van der Waals surface area contributed by atoms with E-state index in [2.05, 4.69) is 27.9 Å². The quantitative estimate of drug-likeness (QED) is 0.314. The predicted octanol–water partition coefficient (Wildman–Crippen LogP) is 3.45. The first-order valence-corrected chi connectivity index (χ1v) is 17.9. The molecule has 1 aromatic heterocycles. The zero-order valence-corrected chi connectivity index (χ0v) is 28.7. The molecule has 1 unspecified atom stereocenters. The van der Waals surface area contributed by atoms with Crippen LogP contribution < -0.4 is 18.5 Å². The van der Waals surface area contributed by atoms with E-state index in [1.54, 1.807) is 37.4 Å². The van der Waals surface area contributed by atoms with Gasteiger partial charge in [0.15, 0.2) is 5.54 Å². The number of aromatic nitrogens is 1. The summed E-state index contributed by atoms with van der Waals surface area (Å²) < 4.78 is 47.6. The van der Waals surface area contributed by atoms with Crippen molar-refractivity contribution in [3.05, 3.63) is 71.4 Å². The molecule has 0 aliphatic carbocycles. The zero-order chi connectivity index (χ0) is 34.1. The number of ether oxygens (including phenoxy) is 3. The second kappa shape index (κ2) is 13.7. The molecule has 3 aromatic rings. The number of hydrogen-bond acceptors (Lipinski definition) is 11. The second-order valence-corrected chi connectivity index (χ2v) is 14.0. The van der Waals surface area contributed by atoms with E-state index < -0.39 is 21.5 Å². The summed E-state index contributed by atoms with van der Waals surface area (Å²) in [5.41, 5.74) is -0.357. The SMILES string of the molecule is CCOc1cc(OC)ccc1S(=O)(=O)N1C(=O)C(c2cccnc2OCC)(N2CCN(C3CCN(C)CC3)CC2)c2cc(C#N)ccc21. The van der Waals surface area contributed by atoms with Crippen molar-refractivity contribution in [1.29, 1.82) is 5.26 Å². The molecule has 0 spiro atoms. The molecular formula is C35H42N6O6S. The van der Waals surface area contributed by atoms with Crippen molar-refractivity contribution in [2.24, 2.45) is 0 Å². The van der Waals surface area contributed by atoms with Gasteiger partial charge >= 0.3 is 0 Å². The van der Waals surface area contributed by atoms with E-state index in [9.17, 15) is 13.7 Å². The normalized spacial score (nSPS) is 21.1. The van der Waals surface area contributed by atoms with Crippen LogP contribution in [-0.2, 0) is 20.4 Å². The van der Waals surface area contributed by atoms with Gasteiger partial charge in [-0.05, 0) is 89.3 Å². The number of piperidine rings is 1. The zero-order valence-electron chi connectivity index (χ0n) is 27.9. The van der Waals surface area contributed by atoms with Gasteiger partial charge in [-0.15, -0.1) is 0 Å². The molecule has 6 rings (SSSR count). The Labute approximate surface area is 282 Å². The lowest BCUT2D eigenvalue weighted by Gasteiger charge is -2.47. The van der Waals surface area contributed by atoms with Crippen molar-refractivity contribution in [2.75, 3.05) is 70.9 Å². The van der Waals surface area contributed by atoms with Gasteiger partial charge in [0.1, 0.15) is 16.4 Å². The number of nitrogens with zero attached hydrogens (tertiary/aromatic N) is 6. The number of benzene rings is 2. The molecule has 13 heteroatoms. The van der Waals surface area contributed by atoms with Crippen molar-refractivity contribution in [3.8, 4) is 23.4 Å². The molecule has 48 heavy (non-hydrogen) atoms. The number of sulfonamides is 1. The first-order chi connectivity index (χ1) is 23.2. The Morgan fingerprint density at radius 3 is 2.35 bits per heavy atom. The smallest absolute Gasteiger partial charge is 0.274 e. The van der Waals surface area contributed by atoms with Crippen molar-refractivity contribution in [2.45, 2.75) is 43.2 Å². The Morgan fingerprint density at radius 2 is 1.69 bits per heavy atom. The summed E-state index contributed by atoms with van der Waals surface area (Å²) in [7, 11) is -0.932. The minimum Gasteiger partial charge on any atom is -0.497 e. The number of hydrogen-bond donors (Lipinski definition) is 0. The van der Waals surface area contributed by atoms with Crippen molar-refractivity contribution in [3.63, 3.8) is 0 Å². The van der Waals surface area contributed by atoms with E-state index in [0.717, 1.165) is 30.2 Å². The summed E-state index contributed by atoms with van der Waals surface area (Å²) >= 11 is 0. The Balaban J connectivity index is 1.53. The average Bonchev–Trinajstić information content (AvgIpc) is 3.37. The molecular weight excluding hydrogens is 632 g/mol. The molecule has 254 valence electrons. The monoisotopic (exact) mass is 674 g/mol. The van der Waals surface area contributed by atoms with Gasteiger partial charge in [0.25, 0.3) is 15.9 Å². The second-order valence-electron chi connectivity index (χ2n) is 12.2. The summed E-state index contributed by atoms with van der Waals surface area (Å²) in [4.78, 5) is 26.6. The Bertz CT molecular complexity index is 1810. The van der Waals surface area contributed by atoms with Gasteiger partial charge in [0, 0.05) is 55.6 Å². The molecule has 0 N–H and O–H groups in total. The third-order valence-electron chi connectivity index (χ3n) is 9.63. The van der Waals surface area contributed by atoms with E-state index in [0.29, 0.717) is 54.7 Å². The van der Waals surface area contributed by atoms with Gasteiger partial charge in [-0.3, -0.25) is 14.6 Å². The van der Waals surface area contributed by atoms with Crippen LogP contribution in [0.1, 0.15) is 43.4 Å². The van der Waals surface area contributed by atoms with Crippen LogP contribution in [0, 0.1) is 11.3 Å². The van der Waals surface area contributed by atoms with E-state index in [4.69, 9.17) is 14.2 Å². The van der Waals surface area contributed by atoms with Crippen LogP contribution in [0.5, 0.6) is 17.4 Å². The maximum Gasteiger partial charge on any atom is 0.274 e. The number of carbonyl (C=O) groups excluding carboxylic acids is 1. The number of likely N-dealkylation sites (tertiary alicyclic amines) is 1. The number of fused-ring (bicyclic) bond motifs is 1. The van der Waals surface area contributed by atoms with Crippen LogP contribution in [0.3, 0.4) is 0 Å². The lowest BCUT2D eigenvalue weighted by atomic mass is 9.81. The van der Waals surface area contributed by atoms with Crippen molar-refractivity contribution >= 4 is 21.6 Å². The maximum atomic E-state index is 15.4. The molecule has 3 aliphatic heterocycles. The lowest BCUT2D eigenvalue weighted by Crippen LogP contribution is -2.62. The fraction of sp³-hybridized carbons (Fsp3) is 0.457. The van der Waals surface area contributed by atoms with Gasteiger partial charge in [-0.25, -0.2) is 17.7 Å². The molecule has 12 nitrogen and oxygen atoms in total. The van der Waals surface area contributed by atoms with Gasteiger partial charge in [0.2, 0.25) is 5.88 Å². The molecule has 2 fully saturated rings. The number of piperazine rings is 1. The van der Waals surface area contributed by atoms with Crippen molar-refractivity contribution < 1.29 is 27.4 Å². The number of anilines is 1. The molecule has 2 saturated heterocycles. The lowest BCUT2D eigenvalue weighted by molar-refractivity contribution is -0.128. The van der Waals surface area contributed by atoms with Gasteiger partial charge < -0.3 is 19.1 Å². The first-order valence-electron chi connectivity index (χ1n) is 16.4. The Morgan fingerprint density at radius 1 is 0.958 bits per heavy atom. The van der Waals surface area contributed by atoms with E-state index >= 15 is 4.79 Å². The predicted molar refractivity (Wildman–Crippen MR) is 180 cm³/mol. The number of carbonyl (C=O) groups is 1. The summed E-state index contributed by atoms with van der Waals surface area (Å²) in [5, 5.41) is 10.0. The molecule has 0 bridgehead atoms.